The molecule has 2 heterocycles. The van der Waals surface area contributed by atoms with Crippen LogP contribution in [-0.4, -0.2) is 19.7 Å². The van der Waals surface area contributed by atoms with Crippen LogP contribution in [0.25, 0.3) is 22.5 Å². The number of nitrogens with zero attached hydrogens (tertiary/aromatic N) is 4. The second-order valence-corrected chi connectivity index (χ2v) is 6.02. The lowest BCUT2D eigenvalue weighted by Gasteiger charge is -2.09. The minimum atomic E-state index is -0.214. The molecule has 0 spiro atoms. The molecule has 0 fully saturated rings. The molecule has 0 bridgehead atoms. The molecular weight excluding hydrogens is 340 g/mol. The van der Waals surface area contributed by atoms with E-state index < -0.39 is 0 Å². The van der Waals surface area contributed by atoms with Gasteiger partial charge < -0.3 is 4.42 Å². The Balaban J connectivity index is 1.79. The highest BCUT2D eigenvalue weighted by atomic mass is 35.5. The van der Waals surface area contributed by atoms with Crippen molar-refractivity contribution in [1.29, 1.82) is 0 Å². The Labute approximate surface area is 147 Å². The predicted molar refractivity (Wildman–Crippen MR) is 94.6 cm³/mol. The topological polar surface area (TPSA) is 73.8 Å². The van der Waals surface area contributed by atoms with Crippen LogP contribution in [0.4, 0.5) is 0 Å². The van der Waals surface area contributed by atoms with Crippen molar-refractivity contribution < 1.29 is 4.42 Å². The lowest BCUT2D eigenvalue weighted by atomic mass is 10.2. The quantitative estimate of drug-likeness (QED) is 0.564. The van der Waals surface area contributed by atoms with Crippen LogP contribution >= 0.6 is 11.6 Å². The van der Waals surface area contributed by atoms with E-state index in [1.807, 2.05) is 30.3 Å². The first-order valence-corrected chi connectivity index (χ1v) is 8.04. The summed E-state index contributed by atoms with van der Waals surface area (Å²) in [6.45, 7) is 1.83. The number of halogens is 1. The average molecular weight is 353 g/mol. The van der Waals surface area contributed by atoms with Crippen molar-refractivity contribution in [3.8, 4) is 11.5 Å². The van der Waals surface area contributed by atoms with Gasteiger partial charge in [0.05, 0.1) is 11.0 Å². The van der Waals surface area contributed by atoms with Gasteiger partial charge in [0.15, 0.2) is 0 Å². The summed E-state index contributed by atoms with van der Waals surface area (Å²) in [7, 11) is 0. The van der Waals surface area contributed by atoms with Gasteiger partial charge in [0.25, 0.3) is 5.56 Å². The van der Waals surface area contributed by atoms with Gasteiger partial charge in [-0.15, -0.1) is 10.2 Å². The molecule has 0 saturated carbocycles. The summed E-state index contributed by atoms with van der Waals surface area (Å²) in [4.78, 5) is 16.9. The van der Waals surface area contributed by atoms with Gasteiger partial charge in [0.2, 0.25) is 11.8 Å². The van der Waals surface area contributed by atoms with Gasteiger partial charge in [0.1, 0.15) is 12.2 Å². The number of benzene rings is 2. The first-order valence-electron chi connectivity index (χ1n) is 7.66. The van der Waals surface area contributed by atoms with Crippen molar-refractivity contribution in [2.45, 2.75) is 13.5 Å². The number of aryl methyl sites for hydroxylation is 1. The molecule has 0 N–H and O–H groups in total. The summed E-state index contributed by atoms with van der Waals surface area (Å²) in [5.41, 5.74) is 2.33. The van der Waals surface area contributed by atoms with Gasteiger partial charge >= 0.3 is 0 Å². The second-order valence-electron chi connectivity index (χ2n) is 5.59. The molecule has 0 atom stereocenters. The third-order valence-corrected chi connectivity index (χ3v) is 4.09. The zero-order valence-electron chi connectivity index (χ0n) is 13.3. The van der Waals surface area contributed by atoms with E-state index >= 15 is 0 Å². The van der Waals surface area contributed by atoms with E-state index in [-0.39, 0.29) is 12.1 Å². The molecule has 0 saturated heterocycles. The Hall–Kier alpha value is -2.99. The fourth-order valence-corrected chi connectivity index (χ4v) is 2.81. The van der Waals surface area contributed by atoms with Crippen LogP contribution in [0.1, 0.15) is 11.6 Å². The molecule has 2 aromatic carbocycles. The van der Waals surface area contributed by atoms with E-state index in [0.29, 0.717) is 33.5 Å². The zero-order valence-corrected chi connectivity index (χ0v) is 14.1. The fraction of sp³-hybridized carbons (Fsp3) is 0.111. The van der Waals surface area contributed by atoms with Gasteiger partial charge in [-0.25, -0.2) is 4.98 Å². The van der Waals surface area contributed by atoms with Crippen LogP contribution in [0.2, 0.25) is 5.02 Å². The van der Waals surface area contributed by atoms with Crippen LogP contribution in [0.5, 0.6) is 0 Å². The van der Waals surface area contributed by atoms with Gasteiger partial charge in [-0.2, -0.15) is 0 Å². The number of hydrogen-bond donors (Lipinski definition) is 0. The van der Waals surface area contributed by atoms with Crippen LogP contribution < -0.4 is 5.56 Å². The monoisotopic (exact) mass is 352 g/mol. The average Bonchev–Trinajstić information content (AvgIpc) is 3.09. The highest BCUT2D eigenvalue weighted by Gasteiger charge is 2.13. The summed E-state index contributed by atoms with van der Waals surface area (Å²) in [6.07, 6.45) is 0. The molecule has 0 aliphatic rings. The molecule has 2 aromatic heterocycles. The van der Waals surface area contributed by atoms with Crippen LogP contribution in [0.15, 0.2) is 57.7 Å². The largest absolute Gasteiger partial charge is 0.419 e. The molecule has 0 aliphatic carbocycles. The summed E-state index contributed by atoms with van der Waals surface area (Å²) in [5.74, 6) is 0.754. The Morgan fingerprint density at radius 1 is 1.12 bits per heavy atom. The van der Waals surface area contributed by atoms with E-state index in [0.717, 1.165) is 5.56 Å². The van der Waals surface area contributed by atoms with Crippen molar-refractivity contribution in [2.75, 3.05) is 0 Å². The molecule has 0 unspecified atom stereocenters. The molecule has 0 radical (unpaired) electrons. The zero-order chi connectivity index (χ0) is 17.4. The van der Waals surface area contributed by atoms with Crippen molar-refractivity contribution in [2.24, 2.45) is 0 Å². The summed E-state index contributed by atoms with van der Waals surface area (Å²) < 4.78 is 7.26. The summed E-state index contributed by atoms with van der Waals surface area (Å²) >= 11 is 6.08. The van der Waals surface area contributed by atoms with Gasteiger partial charge in [-0.05, 0) is 37.3 Å². The SMILES string of the molecule is Cc1nc2ccc(Cl)cc2n(Cc2nnc(-c3ccccc3)o2)c1=O. The van der Waals surface area contributed by atoms with E-state index in [2.05, 4.69) is 15.2 Å². The Bertz CT molecular complexity index is 1120. The Morgan fingerprint density at radius 2 is 1.92 bits per heavy atom. The minimum Gasteiger partial charge on any atom is -0.419 e. The van der Waals surface area contributed by atoms with Crippen molar-refractivity contribution >= 4 is 22.6 Å². The molecule has 7 heteroatoms. The predicted octanol–water partition coefficient (Wildman–Crippen LogP) is 3.46. The number of aromatic nitrogens is 4. The highest BCUT2D eigenvalue weighted by Crippen LogP contribution is 2.20. The molecule has 6 nitrogen and oxygen atoms in total. The molecule has 4 rings (SSSR count). The number of hydrogen-bond acceptors (Lipinski definition) is 5. The second kappa shape index (κ2) is 6.14. The molecule has 4 aromatic rings. The highest BCUT2D eigenvalue weighted by molar-refractivity contribution is 6.31. The van der Waals surface area contributed by atoms with E-state index in [1.165, 1.54) is 0 Å². The normalized spacial score (nSPS) is 11.1. The lowest BCUT2D eigenvalue weighted by molar-refractivity contribution is 0.487. The maximum Gasteiger partial charge on any atom is 0.272 e. The number of fused-ring (bicyclic) bond motifs is 1. The van der Waals surface area contributed by atoms with Gasteiger partial charge in [-0.3, -0.25) is 9.36 Å². The molecule has 0 amide bonds. The number of rotatable bonds is 3. The smallest absolute Gasteiger partial charge is 0.272 e. The first-order chi connectivity index (χ1) is 12.1. The molecule has 25 heavy (non-hydrogen) atoms. The molecular formula is C18H13ClN4O2. The first kappa shape index (κ1) is 15.5. The van der Waals surface area contributed by atoms with Gasteiger partial charge in [-0.1, -0.05) is 29.8 Å². The van der Waals surface area contributed by atoms with Gasteiger partial charge in [0, 0.05) is 10.6 Å². The summed E-state index contributed by atoms with van der Waals surface area (Å²) in [5, 5.41) is 8.65. The standard InChI is InChI=1S/C18H13ClN4O2/c1-11-18(24)23(15-9-13(19)7-8-14(15)20-11)10-16-21-22-17(25-16)12-5-3-2-4-6-12/h2-9H,10H2,1H3. The Morgan fingerprint density at radius 3 is 2.72 bits per heavy atom. The maximum atomic E-state index is 12.5. The van der Waals surface area contributed by atoms with E-state index in [4.69, 9.17) is 16.0 Å². The van der Waals surface area contributed by atoms with Crippen molar-refractivity contribution in [1.82, 2.24) is 19.7 Å². The van der Waals surface area contributed by atoms with Crippen molar-refractivity contribution in [3.63, 3.8) is 0 Å². The Kier molecular flexibility index (Phi) is 3.82. The molecule has 124 valence electrons. The van der Waals surface area contributed by atoms with Crippen LogP contribution in [0, 0.1) is 6.92 Å². The lowest BCUT2D eigenvalue weighted by Crippen LogP contribution is -2.24. The van der Waals surface area contributed by atoms with E-state index in [1.54, 1.807) is 29.7 Å². The fourth-order valence-electron chi connectivity index (χ4n) is 2.65. The summed E-state index contributed by atoms with van der Waals surface area (Å²) in [6, 6.07) is 14.7. The van der Waals surface area contributed by atoms with Crippen LogP contribution in [-0.2, 0) is 6.54 Å². The van der Waals surface area contributed by atoms with Crippen molar-refractivity contribution in [3.05, 3.63) is 75.5 Å². The third-order valence-electron chi connectivity index (χ3n) is 3.85. The maximum absolute atomic E-state index is 12.5. The molecule has 0 aliphatic heterocycles. The van der Waals surface area contributed by atoms with Crippen LogP contribution in [0.3, 0.4) is 0 Å². The van der Waals surface area contributed by atoms with E-state index in [9.17, 15) is 4.79 Å². The minimum absolute atomic E-state index is 0.152. The third kappa shape index (κ3) is 2.92.